The molecular formula is C24H24N2O3S. The van der Waals surface area contributed by atoms with E-state index in [2.05, 4.69) is 36.3 Å². The number of esters is 1. The van der Waals surface area contributed by atoms with Crippen LogP contribution in [0.2, 0.25) is 0 Å². The lowest BCUT2D eigenvalue weighted by molar-refractivity contribution is -0.139. The Hall–Kier alpha value is -3.25. The molecule has 1 aromatic heterocycles. The van der Waals surface area contributed by atoms with Gasteiger partial charge in [-0.15, -0.1) is 11.3 Å². The highest BCUT2D eigenvalue weighted by Gasteiger charge is 2.17. The SMILES string of the molecule is COC(=O)Cc1sc(NC(=O)/C=C/c2ccc(C(C)C)cc2)nc1-c1ccccc1. The second-order valence-corrected chi connectivity index (χ2v) is 8.14. The standard InChI is InChI=1S/C24H24N2O3S/c1-16(2)18-12-9-17(10-13-18)11-14-21(27)25-24-26-23(19-7-5-4-6-8-19)20(30-24)15-22(28)29-3/h4-14,16H,15H2,1-3H3,(H,25,26,27)/b14-11+. The molecule has 3 aromatic rings. The van der Waals surface area contributed by atoms with Crippen LogP contribution in [0.5, 0.6) is 0 Å². The highest BCUT2D eigenvalue weighted by molar-refractivity contribution is 7.16. The molecular weight excluding hydrogens is 396 g/mol. The molecule has 0 aliphatic carbocycles. The molecule has 6 heteroatoms. The zero-order chi connectivity index (χ0) is 21.5. The van der Waals surface area contributed by atoms with Crippen molar-refractivity contribution in [2.45, 2.75) is 26.2 Å². The highest BCUT2D eigenvalue weighted by Crippen LogP contribution is 2.31. The number of amides is 1. The minimum Gasteiger partial charge on any atom is -0.469 e. The Kier molecular flexibility index (Phi) is 7.14. The van der Waals surface area contributed by atoms with Crippen LogP contribution in [0.4, 0.5) is 5.13 Å². The van der Waals surface area contributed by atoms with E-state index >= 15 is 0 Å². The molecule has 0 radical (unpaired) electrons. The first-order chi connectivity index (χ1) is 14.5. The number of hydrogen-bond acceptors (Lipinski definition) is 5. The molecule has 1 heterocycles. The molecule has 0 aliphatic rings. The average molecular weight is 421 g/mol. The second-order valence-electron chi connectivity index (χ2n) is 7.05. The van der Waals surface area contributed by atoms with E-state index < -0.39 is 0 Å². The Morgan fingerprint density at radius 1 is 1.10 bits per heavy atom. The predicted molar refractivity (Wildman–Crippen MR) is 121 cm³/mol. The lowest BCUT2D eigenvalue weighted by atomic mass is 10.0. The van der Waals surface area contributed by atoms with Crippen molar-refractivity contribution in [3.8, 4) is 11.3 Å². The number of methoxy groups -OCH3 is 1. The van der Waals surface area contributed by atoms with Crippen LogP contribution in [-0.4, -0.2) is 24.0 Å². The summed E-state index contributed by atoms with van der Waals surface area (Å²) in [5.74, 6) is -0.159. The van der Waals surface area contributed by atoms with Gasteiger partial charge in [-0.1, -0.05) is 68.4 Å². The summed E-state index contributed by atoms with van der Waals surface area (Å²) >= 11 is 1.28. The maximum absolute atomic E-state index is 12.4. The predicted octanol–water partition coefficient (Wildman–Crippen LogP) is 5.30. The van der Waals surface area contributed by atoms with Gasteiger partial charge in [0.15, 0.2) is 5.13 Å². The molecule has 5 nitrogen and oxygen atoms in total. The van der Waals surface area contributed by atoms with Crippen molar-refractivity contribution in [2.75, 3.05) is 12.4 Å². The number of carbonyl (C=O) groups is 2. The van der Waals surface area contributed by atoms with Gasteiger partial charge in [0.25, 0.3) is 0 Å². The first-order valence-corrected chi connectivity index (χ1v) is 10.5. The maximum Gasteiger partial charge on any atom is 0.310 e. The number of aromatic nitrogens is 1. The Morgan fingerprint density at radius 2 is 1.80 bits per heavy atom. The summed E-state index contributed by atoms with van der Waals surface area (Å²) in [4.78, 5) is 29.4. The third-order valence-electron chi connectivity index (χ3n) is 4.54. The van der Waals surface area contributed by atoms with Crippen LogP contribution in [0.25, 0.3) is 17.3 Å². The number of rotatable bonds is 7. The van der Waals surface area contributed by atoms with Crippen molar-refractivity contribution in [1.82, 2.24) is 4.98 Å². The topological polar surface area (TPSA) is 68.3 Å². The molecule has 1 N–H and O–H groups in total. The van der Waals surface area contributed by atoms with Crippen molar-refractivity contribution in [3.05, 3.63) is 76.7 Å². The summed E-state index contributed by atoms with van der Waals surface area (Å²) in [6.07, 6.45) is 3.35. The molecule has 2 aromatic carbocycles. The quantitative estimate of drug-likeness (QED) is 0.416. The largest absolute Gasteiger partial charge is 0.469 e. The van der Waals surface area contributed by atoms with Gasteiger partial charge < -0.3 is 4.74 Å². The smallest absolute Gasteiger partial charge is 0.310 e. The van der Waals surface area contributed by atoms with Gasteiger partial charge in [0, 0.05) is 16.5 Å². The molecule has 0 saturated carbocycles. The number of thiazole rings is 1. The average Bonchev–Trinajstić information content (AvgIpc) is 3.14. The fraction of sp³-hybridized carbons (Fsp3) is 0.208. The number of hydrogen-bond donors (Lipinski definition) is 1. The van der Waals surface area contributed by atoms with Crippen molar-refractivity contribution in [1.29, 1.82) is 0 Å². The minimum absolute atomic E-state index is 0.103. The summed E-state index contributed by atoms with van der Waals surface area (Å²) in [5, 5.41) is 3.24. The van der Waals surface area contributed by atoms with E-state index in [9.17, 15) is 9.59 Å². The number of anilines is 1. The lowest BCUT2D eigenvalue weighted by Crippen LogP contribution is -2.07. The number of nitrogens with zero attached hydrogens (tertiary/aromatic N) is 1. The van der Waals surface area contributed by atoms with E-state index in [1.54, 1.807) is 6.08 Å². The van der Waals surface area contributed by atoms with Crippen LogP contribution in [-0.2, 0) is 20.7 Å². The fourth-order valence-electron chi connectivity index (χ4n) is 2.86. The van der Waals surface area contributed by atoms with Gasteiger partial charge in [-0.3, -0.25) is 14.9 Å². The van der Waals surface area contributed by atoms with E-state index in [0.29, 0.717) is 16.7 Å². The Labute approximate surface area is 180 Å². The van der Waals surface area contributed by atoms with Crippen molar-refractivity contribution in [2.24, 2.45) is 0 Å². The van der Waals surface area contributed by atoms with Crippen molar-refractivity contribution < 1.29 is 14.3 Å². The molecule has 3 rings (SSSR count). The Morgan fingerprint density at radius 3 is 2.43 bits per heavy atom. The van der Waals surface area contributed by atoms with Crippen LogP contribution in [0.15, 0.2) is 60.7 Å². The van der Waals surface area contributed by atoms with E-state index in [4.69, 9.17) is 4.74 Å². The Balaban J connectivity index is 1.75. The van der Waals surface area contributed by atoms with Gasteiger partial charge in [0.1, 0.15) is 0 Å². The number of ether oxygens (including phenoxy) is 1. The molecule has 0 aliphatic heterocycles. The monoisotopic (exact) mass is 420 g/mol. The summed E-state index contributed by atoms with van der Waals surface area (Å²) < 4.78 is 4.79. The van der Waals surface area contributed by atoms with Crippen LogP contribution in [0, 0.1) is 0 Å². The summed E-state index contributed by atoms with van der Waals surface area (Å²) in [6.45, 7) is 4.29. The maximum atomic E-state index is 12.4. The van der Waals surface area contributed by atoms with E-state index in [1.165, 1.54) is 30.1 Å². The molecule has 154 valence electrons. The molecule has 0 saturated heterocycles. The molecule has 0 fully saturated rings. The van der Waals surface area contributed by atoms with E-state index in [1.807, 2.05) is 42.5 Å². The van der Waals surface area contributed by atoms with Gasteiger partial charge in [0.2, 0.25) is 5.91 Å². The third-order valence-corrected chi connectivity index (χ3v) is 5.51. The zero-order valence-electron chi connectivity index (χ0n) is 17.2. The Bertz CT molecular complexity index is 1040. The van der Waals surface area contributed by atoms with Gasteiger partial charge in [-0.2, -0.15) is 0 Å². The summed E-state index contributed by atoms with van der Waals surface area (Å²) in [6, 6.07) is 17.7. The van der Waals surface area contributed by atoms with Crippen molar-refractivity contribution >= 4 is 34.4 Å². The molecule has 0 atom stereocenters. The molecule has 30 heavy (non-hydrogen) atoms. The van der Waals surface area contributed by atoms with Gasteiger partial charge in [-0.25, -0.2) is 4.98 Å². The highest BCUT2D eigenvalue weighted by atomic mass is 32.1. The van der Waals surface area contributed by atoms with E-state index in [-0.39, 0.29) is 18.3 Å². The summed E-state index contributed by atoms with van der Waals surface area (Å²) in [7, 11) is 1.35. The minimum atomic E-state index is -0.349. The molecule has 0 spiro atoms. The van der Waals surface area contributed by atoms with Gasteiger partial charge >= 0.3 is 5.97 Å². The van der Waals surface area contributed by atoms with Crippen LogP contribution in [0.3, 0.4) is 0 Å². The normalized spacial score (nSPS) is 11.1. The first-order valence-electron chi connectivity index (χ1n) is 9.67. The van der Waals surface area contributed by atoms with Gasteiger partial charge in [-0.05, 0) is 23.1 Å². The fourth-order valence-corrected chi connectivity index (χ4v) is 3.83. The summed E-state index contributed by atoms with van der Waals surface area (Å²) in [5.41, 5.74) is 3.76. The molecule has 1 amide bonds. The van der Waals surface area contributed by atoms with Crippen LogP contribution < -0.4 is 5.32 Å². The van der Waals surface area contributed by atoms with Crippen molar-refractivity contribution in [3.63, 3.8) is 0 Å². The van der Waals surface area contributed by atoms with Crippen LogP contribution >= 0.6 is 11.3 Å². The molecule has 0 bridgehead atoms. The number of nitrogens with one attached hydrogen (secondary N) is 1. The third kappa shape index (κ3) is 5.64. The number of benzene rings is 2. The zero-order valence-corrected chi connectivity index (χ0v) is 18.0. The molecule has 0 unspecified atom stereocenters. The van der Waals surface area contributed by atoms with E-state index in [0.717, 1.165) is 16.0 Å². The van der Waals surface area contributed by atoms with Crippen LogP contribution in [0.1, 0.15) is 35.8 Å². The first kappa shape index (κ1) is 21.5. The van der Waals surface area contributed by atoms with Gasteiger partial charge in [0.05, 0.1) is 19.2 Å². The second kappa shape index (κ2) is 9.98. The lowest BCUT2D eigenvalue weighted by Gasteiger charge is -2.04. The number of carbonyl (C=O) groups excluding carboxylic acids is 2.